The van der Waals surface area contributed by atoms with E-state index in [0.29, 0.717) is 12.3 Å². The third-order valence-electron chi connectivity index (χ3n) is 4.44. The number of benzene rings is 2. The number of hydrogen-bond donors (Lipinski definition) is 1. The van der Waals surface area contributed by atoms with Gasteiger partial charge in [0, 0.05) is 5.92 Å². The van der Waals surface area contributed by atoms with E-state index in [0.717, 1.165) is 41.7 Å². The molecule has 0 aromatic heterocycles. The topological polar surface area (TPSA) is 43.1 Å². The Hall–Kier alpha value is -2.30. The first-order chi connectivity index (χ1) is 12.2. The second-order valence-electron chi connectivity index (χ2n) is 7.04. The summed E-state index contributed by atoms with van der Waals surface area (Å²) < 4.78 is 37.9. The predicted molar refractivity (Wildman–Crippen MR) is 97.3 cm³/mol. The Morgan fingerprint density at radius 3 is 1.88 bits per heavy atom. The molecule has 2 nitrogen and oxygen atoms in total. The lowest BCUT2D eigenvalue weighted by molar-refractivity contribution is -0.137. The molecule has 0 aliphatic heterocycles. The number of carbonyl (C=O) groups is 1. The predicted octanol–water partition coefficient (Wildman–Crippen LogP) is 5.45. The number of rotatable bonds is 7. The number of nitrogens with two attached hydrogens (primary N) is 1. The van der Waals surface area contributed by atoms with Crippen LogP contribution in [0.4, 0.5) is 13.2 Å². The lowest BCUT2D eigenvalue weighted by Crippen LogP contribution is -2.25. The first kappa shape index (κ1) is 20.0. The van der Waals surface area contributed by atoms with E-state index in [2.05, 4.69) is 13.8 Å². The highest BCUT2D eigenvalue weighted by molar-refractivity contribution is 5.76. The van der Waals surface area contributed by atoms with Gasteiger partial charge in [0.1, 0.15) is 0 Å². The summed E-state index contributed by atoms with van der Waals surface area (Å²) >= 11 is 0. The molecule has 2 rings (SSSR count). The van der Waals surface area contributed by atoms with Crippen LogP contribution in [-0.2, 0) is 17.4 Å². The van der Waals surface area contributed by atoms with Crippen molar-refractivity contribution in [3.05, 3.63) is 59.7 Å². The van der Waals surface area contributed by atoms with E-state index < -0.39 is 11.7 Å². The number of alkyl halides is 3. The highest BCUT2D eigenvalue weighted by atomic mass is 19.4. The number of amides is 1. The number of primary amides is 1. The van der Waals surface area contributed by atoms with E-state index >= 15 is 0 Å². The SMILES string of the molecule is CC(C)CC(CCc1ccc(-c2ccc(C(F)(F)F)cc2)cc1)C(N)=O. The van der Waals surface area contributed by atoms with E-state index in [4.69, 9.17) is 5.73 Å². The van der Waals surface area contributed by atoms with Crippen molar-refractivity contribution >= 4 is 5.91 Å². The van der Waals surface area contributed by atoms with E-state index in [1.54, 1.807) is 0 Å². The molecule has 0 aliphatic rings. The number of aryl methyl sites for hydroxylation is 1. The average molecular weight is 363 g/mol. The monoisotopic (exact) mass is 363 g/mol. The van der Waals surface area contributed by atoms with Gasteiger partial charge in [-0.1, -0.05) is 50.2 Å². The molecule has 140 valence electrons. The zero-order chi connectivity index (χ0) is 19.3. The van der Waals surface area contributed by atoms with Crippen molar-refractivity contribution in [1.82, 2.24) is 0 Å². The Bertz CT molecular complexity index is 718. The Balaban J connectivity index is 2.02. The highest BCUT2D eigenvalue weighted by Crippen LogP contribution is 2.31. The lowest BCUT2D eigenvalue weighted by Gasteiger charge is -2.15. The van der Waals surface area contributed by atoms with Crippen LogP contribution in [0.2, 0.25) is 0 Å². The van der Waals surface area contributed by atoms with Crippen LogP contribution in [0.25, 0.3) is 11.1 Å². The van der Waals surface area contributed by atoms with Gasteiger partial charge in [-0.3, -0.25) is 4.79 Å². The fraction of sp³-hybridized carbons (Fsp3) is 0.381. The van der Waals surface area contributed by atoms with Gasteiger partial charge in [0.2, 0.25) is 5.91 Å². The molecule has 0 spiro atoms. The summed E-state index contributed by atoms with van der Waals surface area (Å²) in [5.74, 6) is 0.0132. The van der Waals surface area contributed by atoms with Crippen LogP contribution in [0.5, 0.6) is 0 Å². The van der Waals surface area contributed by atoms with Crippen molar-refractivity contribution in [2.45, 2.75) is 39.3 Å². The molecule has 2 aromatic carbocycles. The summed E-state index contributed by atoms with van der Waals surface area (Å²) in [6, 6.07) is 12.8. The molecular formula is C21H24F3NO. The Morgan fingerprint density at radius 1 is 0.962 bits per heavy atom. The zero-order valence-electron chi connectivity index (χ0n) is 15.0. The maximum Gasteiger partial charge on any atom is 0.416 e. The fourth-order valence-electron chi connectivity index (χ4n) is 3.00. The second-order valence-corrected chi connectivity index (χ2v) is 7.04. The smallest absolute Gasteiger partial charge is 0.369 e. The molecule has 2 N–H and O–H groups in total. The Kier molecular flexibility index (Phi) is 6.46. The molecule has 5 heteroatoms. The summed E-state index contributed by atoms with van der Waals surface area (Å²) in [5, 5.41) is 0. The Labute approximate surface area is 152 Å². The van der Waals surface area contributed by atoms with Gasteiger partial charge in [0.15, 0.2) is 0 Å². The molecule has 0 saturated heterocycles. The minimum absolute atomic E-state index is 0.135. The van der Waals surface area contributed by atoms with Crippen LogP contribution < -0.4 is 5.73 Å². The highest BCUT2D eigenvalue weighted by Gasteiger charge is 2.29. The van der Waals surface area contributed by atoms with Gasteiger partial charge in [-0.15, -0.1) is 0 Å². The van der Waals surface area contributed by atoms with Gasteiger partial charge in [0.05, 0.1) is 5.56 Å². The first-order valence-electron chi connectivity index (χ1n) is 8.72. The zero-order valence-corrected chi connectivity index (χ0v) is 15.0. The largest absolute Gasteiger partial charge is 0.416 e. The second kappa shape index (κ2) is 8.39. The molecule has 0 bridgehead atoms. The van der Waals surface area contributed by atoms with Crippen LogP contribution in [0.1, 0.15) is 37.8 Å². The molecule has 1 amide bonds. The van der Waals surface area contributed by atoms with Crippen LogP contribution in [0, 0.1) is 11.8 Å². The molecule has 0 fully saturated rings. The third kappa shape index (κ3) is 5.61. The standard InChI is InChI=1S/C21H24F3NO/c1-14(2)13-18(20(25)26)8-5-15-3-6-16(7-4-15)17-9-11-19(12-10-17)21(22,23)24/h3-4,6-7,9-12,14,18H,5,8,13H2,1-2H3,(H2,25,26). The van der Waals surface area contributed by atoms with Crippen molar-refractivity contribution in [2.24, 2.45) is 17.6 Å². The minimum atomic E-state index is -4.32. The summed E-state index contributed by atoms with van der Waals surface area (Å²) in [6.45, 7) is 4.13. The van der Waals surface area contributed by atoms with Crippen LogP contribution >= 0.6 is 0 Å². The maximum atomic E-state index is 12.6. The summed E-state index contributed by atoms with van der Waals surface area (Å²) in [4.78, 5) is 11.5. The van der Waals surface area contributed by atoms with Crippen LogP contribution in [0.15, 0.2) is 48.5 Å². The van der Waals surface area contributed by atoms with Gasteiger partial charge in [-0.25, -0.2) is 0 Å². The van der Waals surface area contributed by atoms with Gasteiger partial charge >= 0.3 is 6.18 Å². The number of halogens is 3. The summed E-state index contributed by atoms with van der Waals surface area (Å²) in [5.41, 5.74) is 7.49. The third-order valence-corrected chi connectivity index (χ3v) is 4.44. The van der Waals surface area contributed by atoms with E-state index in [9.17, 15) is 18.0 Å². The van der Waals surface area contributed by atoms with Crippen molar-refractivity contribution in [1.29, 1.82) is 0 Å². The van der Waals surface area contributed by atoms with Crippen molar-refractivity contribution in [3.8, 4) is 11.1 Å². The lowest BCUT2D eigenvalue weighted by atomic mass is 9.90. The average Bonchev–Trinajstić information content (AvgIpc) is 2.58. The van der Waals surface area contributed by atoms with Gasteiger partial charge in [-0.05, 0) is 54.0 Å². The molecule has 0 heterocycles. The quantitative estimate of drug-likeness (QED) is 0.698. The number of carbonyl (C=O) groups excluding carboxylic acids is 1. The molecule has 0 radical (unpaired) electrons. The fourth-order valence-corrected chi connectivity index (χ4v) is 3.00. The summed E-state index contributed by atoms with van der Waals surface area (Å²) in [6.07, 6.45) is -2.10. The molecule has 1 unspecified atom stereocenters. The van der Waals surface area contributed by atoms with Gasteiger partial charge in [-0.2, -0.15) is 13.2 Å². The molecular weight excluding hydrogens is 339 g/mol. The van der Waals surface area contributed by atoms with Crippen LogP contribution in [-0.4, -0.2) is 5.91 Å². The van der Waals surface area contributed by atoms with Crippen molar-refractivity contribution in [3.63, 3.8) is 0 Å². The van der Waals surface area contributed by atoms with E-state index in [-0.39, 0.29) is 11.8 Å². The van der Waals surface area contributed by atoms with Crippen molar-refractivity contribution < 1.29 is 18.0 Å². The normalized spacial score (nSPS) is 13.0. The van der Waals surface area contributed by atoms with Gasteiger partial charge in [0.25, 0.3) is 0 Å². The summed E-state index contributed by atoms with van der Waals surface area (Å²) in [7, 11) is 0. The molecule has 2 aromatic rings. The maximum absolute atomic E-state index is 12.6. The molecule has 1 atom stereocenters. The first-order valence-corrected chi connectivity index (χ1v) is 8.72. The number of hydrogen-bond acceptors (Lipinski definition) is 1. The molecule has 0 aliphatic carbocycles. The molecule has 0 saturated carbocycles. The van der Waals surface area contributed by atoms with E-state index in [1.807, 2.05) is 24.3 Å². The van der Waals surface area contributed by atoms with Crippen LogP contribution in [0.3, 0.4) is 0 Å². The van der Waals surface area contributed by atoms with Gasteiger partial charge < -0.3 is 5.73 Å². The van der Waals surface area contributed by atoms with E-state index in [1.165, 1.54) is 12.1 Å². The Morgan fingerprint density at radius 2 is 1.46 bits per heavy atom. The molecule has 26 heavy (non-hydrogen) atoms. The minimum Gasteiger partial charge on any atom is -0.369 e. The van der Waals surface area contributed by atoms with Crippen molar-refractivity contribution in [2.75, 3.05) is 0 Å².